The lowest BCUT2D eigenvalue weighted by atomic mass is 10.2. The van der Waals surface area contributed by atoms with Gasteiger partial charge in [-0.25, -0.2) is 4.98 Å². The SMILES string of the molecule is CC(=O)SCC(=O)NCCCCCC(=O)Nc1nc(-c2ccccc2)cs1. The molecule has 0 saturated heterocycles. The molecule has 2 amide bonds. The molecule has 6 nitrogen and oxygen atoms in total. The Kier molecular flexibility index (Phi) is 9.00. The number of carbonyl (C=O) groups excluding carboxylic acids is 3. The molecule has 0 saturated carbocycles. The summed E-state index contributed by atoms with van der Waals surface area (Å²) >= 11 is 2.42. The molecule has 2 aromatic rings. The first-order chi connectivity index (χ1) is 13.0. The smallest absolute Gasteiger partial charge is 0.230 e. The van der Waals surface area contributed by atoms with Crippen LogP contribution in [-0.2, 0) is 14.4 Å². The third kappa shape index (κ3) is 8.36. The monoisotopic (exact) mass is 405 g/mol. The van der Waals surface area contributed by atoms with Crippen LogP contribution in [0, 0.1) is 0 Å². The van der Waals surface area contributed by atoms with Crippen LogP contribution in [-0.4, -0.2) is 34.2 Å². The van der Waals surface area contributed by atoms with E-state index in [9.17, 15) is 14.4 Å². The highest BCUT2D eigenvalue weighted by molar-refractivity contribution is 8.14. The first kappa shape index (κ1) is 21.1. The number of thiazole rings is 1. The summed E-state index contributed by atoms with van der Waals surface area (Å²) in [6.07, 6.45) is 2.83. The lowest BCUT2D eigenvalue weighted by molar-refractivity contribution is -0.119. The molecular weight excluding hydrogens is 382 g/mol. The van der Waals surface area contributed by atoms with Crippen molar-refractivity contribution in [1.29, 1.82) is 0 Å². The van der Waals surface area contributed by atoms with Gasteiger partial charge in [0.15, 0.2) is 10.2 Å². The van der Waals surface area contributed by atoms with E-state index in [4.69, 9.17) is 0 Å². The van der Waals surface area contributed by atoms with Gasteiger partial charge in [-0.2, -0.15) is 0 Å². The highest BCUT2D eigenvalue weighted by atomic mass is 32.2. The fourth-order valence-electron chi connectivity index (χ4n) is 2.29. The Morgan fingerprint density at radius 2 is 1.85 bits per heavy atom. The molecule has 0 aliphatic heterocycles. The minimum absolute atomic E-state index is 0.0501. The number of nitrogens with one attached hydrogen (secondary N) is 2. The van der Waals surface area contributed by atoms with Crippen molar-refractivity contribution in [3.8, 4) is 11.3 Å². The van der Waals surface area contributed by atoms with Crippen molar-refractivity contribution in [2.24, 2.45) is 0 Å². The Morgan fingerprint density at radius 1 is 1.07 bits per heavy atom. The van der Waals surface area contributed by atoms with Crippen LogP contribution in [0.25, 0.3) is 11.3 Å². The number of carbonyl (C=O) groups is 3. The van der Waals surface area contributed by atoms with Crippen LogP contribution in [0.4, 0.5) is 5.13 Å². The van der Waals surface area contributed by atoms with Gasteiger partial charge in [0.25, 0.3) is 0 Å². The van der Waals surface area contributed by atoms with Gasteiger partial charge in [0.1, 0.15) is 0 Å². The normalized spacial score (nSPS) is 10.4. The van der Waals surface area contributed by atoms with E-state index < -0.39 is 0 Å². The molecule has 144 valence electrons. The summed E-state index contributed by atoms with van der Waals surface area (Å²) in [6.45, 7) is 2.00. The van der Waals surface area contributed by atoms with E-state index in [0.717, 1.165) is 42.3 Å². The highest BCUT2D eigenvalue weighted by Gasteiger charge is 2.08. The Hall–Kier alpha value is -2.19. The zero-order valence-corrected chi connectivity index (χ0v) is 16.8. The predicted octanol–water partition coefficient (Wildman–Crippen LogP) is 3.70. The number of hydrogen-bond donors (Lipinski definition) is 2. The van der Waals surface area contributed by atoms with Crippen LogP contribution < -0.4 is 10.6 Å². The van der Waals surface area contributed by atoms with E-state index >= 15 is 0 Å². The predicted molar refractivity (Wildman–Crippen MR) is 111 cm³/mol. The summed E-state index contributed by atoms with van der Waals surface area (Å²) in [5.74, 6) is -0.0203. The number of thioether (sulfide) groups is 1. The van der Waals surface area contributed by atoms with Crippen LogP contribution in [0.15, 0.2) is 35.7 Å². The lowest BCUT2D eigenvalue weighted by Crippen LogP contribution is -2.26. The van der Waals surface area contributed by atoms with E-state index in [0.29, 0.717) is 18.1 Å². The number of benzene rings is 1. The van der Waals surface area contributed by atoms with Crippen molar-refractivity contribution in [3.05, 3.63) is 35.7 Å². The van der Waals surface area contributed by atoms with E-state index in [1.165, 1.54) is 18.3 Å². The summed E-state index contributed by atoms with van der Waals surface area (Å²) in [6, 6.07) is 9.83. The molecule has 8 heteroatoms. The van der Waals surface area contributed by atoms with Crippen molar-refractivity contribution in [2.45, 2.75) is 32.6 Å². The molecule has 0 unspecified atom stereocenters. The molecule has 0 atom stereocenters. The van der Waals surface area contributed by atoms with Crippen molar-refractivity contribution in [1.82, 2.24) is 10.3 Å². The molecule has 0 radical (unpaired) electrons. The average molecular weight is 406 g/mol. The molecular formula is C19H23N3O3S2. The van der Waals surface area contributed by atoms with Crippen LogP contribution in [0.3, 0.4) is 0 Å². The fourth-order valence-corrected chi connectivity index (χ4v) is 3.46. The molecule has 0 bridgehead atoms. The summed E-state index contributed by atoms with van der Waals surface area (Å²) in [4.78, 5) is 38.7. The first-order valence-corrected chi connectivity index (χ1v) is 10.6. The van der Waals surface area contributed by atoms with Gasteiger partial charge in [-0.05, 0) is 12.8 Å². The highest BCUT2D eigenvalue weighted by Crippen LogP contribution is 2.24. The van der Waals surface area contributed by atoms with Gasteiger partial charge in [-0.3, -0.25) is 14.4 Å². The maximum Gasteiger partial charge on any atom is 0.230 e. The topological polar surface area (TPSA) is 88.2 Å². The second kappa shape index (κ2) is 11.5. The first-order valence-electron chi connectivity index (χ1n) is 8.75. The second-order valence-corrected chi connectivity index (χ2v) is 7.90. The molecule has 0 aliphatic carbocycles. The van der Waals surface area contributed by atoms with Crippen molar-refractivity contribution < 1.29 is 14.4 Å². The van der Waals surface area contributed by atoms with Gasteiger partial charge < -0.3 is 10.6 Å². The van der Waals surface area contributed by atoms with Crippen LogP contribution in [0.1, 0.15) is 32.6 Å². The standard InChI is InChI=1S/C19H23N3O3S2/c1-14(23)26-13-18(25)20-11-7-3-6-10-17(24)22-19-21-16(12-27-19)15-8-4-2-5-9-15/h2,4-5,8-9,12H,3,6-7,10-11,13H2,1H3,(H,20,25)(H,21,22,24). The molecule has 1 heterocycles. The molecule has 0 fully saturated rings. The molecule has 0 aliphatic rings. The summed E-state index contributed by atoms with van der Waals surface area (Å²) < 4.78 is 0. The van der Waals surface area contributed by atoms with Crippen LogP contribution >= 0.6 is 23.1 Å². The number of hydrogen-bond acceptors (Lipinski definition) is 6. The number of unbranched alkanes of at least 4 members (excludes halogenated alkanes) is 2. The van der Waals surface area contributed by atoms with Gasteiger partial charge in [0.2, 0.25) is 11.8 Å². The minimum atomic E-state index is -0.133. The summed E-state index contributed by atoms with van der Waals surface area (Å²) in [7, 11) is 0. The quantitative estimate of drug-likeness (QED) is 0.589. The third-order valence-corrected chi connectivity index (χ3v) is 5.20. The summed E-state index contributed by atoms with van der Waals surface area (Å²) in [5.41, 5.74) is 1.88. The van der Waals surface area contributed by atoms with Gasteiger partial charge in [-0.15, -0.1) is 11.3 Å². The molecule has 2 N–H and O–H groups in total. The zero-order chi connectivity index (χ0) is 19.5. The van der Waals surface area contributed by atoms with Gasteiger partial charge in [-0.1, -0.05) is 48.5 Å². The third-order valence-electron chi connectivity index (χ3n) is 3.63. The number of rotatable bonds is 10. The number of amides is 2. The number of aromatic nitrogens is 1. The Bertz CT molecular complexity index is 763. The molecule has 1 aromatic heterocycles. The van der Waals surface area contributed by atoms with E-state index in [-0.39, 0.29) is 22.7 Å². The Labute approximate surface area is 167 Å². The van der Waals surface area contributed by atoms with Crippen molar-refractivity contribution in [2.75, 3.05) is 17.6 Å². The summed E-state index contributed by atoms with van der Waals surface area (Å²) in [5, 5.41) is 8.07. The van der Waals surface area contributed by atoms with Gasteiger partial charge in [0.05, 0.1) is 11.4 Å². The maximum absolute atomic E-state index is 12.0. The van der Waals surface area contributed by atoms with Crippen LogP contribution in [0.5, 0.6) is 0 Å². The molecule has 1 aromatic carbocycles. The second-order valence-electron chi connectivity index (χ2n) is 5.89. The van der Waals surface area contributed by atoms with Crippen molar-refractivity contribution in [3.63, 3.8) is 0 Å². The molecule has 0 spiro atoms. The molecule has 27 heavy (non-hydrogen) atoms. The minimum Gasteiger partial charge on any atom is -0.355 e. The van der Waals surface area contributed by atoms with Gasteiger partial charge >= 0.3 is 0 Å². The van der Waals surface area contributed by atoms with Crippen LogP contribution in [0.2, 0.25) is 0 Å². The van der Waals surface area contributed by atoms with E-state index in [1.54, 1.807) is 0 Å². The largest absolute Gasteiger partial charge is 0.355 e. The lowest BCUT2D eigenvalue weighted by Gasteiger charge is -2.04. The number of anilines is 1. The number of nitrogens with zero attached hydrogens (tertiary/aromatic N) is 1. The molecule has 2 rings (SSSR count). The van der Waals surface area contributed by atoms with Crippen molar-refractivity contribution >= 4 is 45.2 Å². The van der Waals surface area contributed by atoms with Gasteiger partial charge in [0, 0.05) is 30.8 Å². The van der Waals surface area contributed by atoms with E-state index in [2.05, 4.69) is 15.6 Å². The Morgan fingerprint density at radius 3 is 2.59 bits per heavy atom. The van der Waals surface area contributed by atoms with E-state index in [1.807, 2.05) is 35.7 Å². The fraction of sp³-hybridized carbons (Fsp3) is 0.368. The average Bonchev–Trinajstić information content (AvgIpc) is 3.12. The Balaban J connectivity index is 1.58. The zero-order valence-electron chi connectivity index (χ0n) is 15.2. The maximum atomic E-state index is 12.0.